The number of amides is 1. The minimum Gasteiger partial charge on any atom is -0.495 e. The number of thiazole rings is 1. The Morgan fingerprint density at radius 1 is 0.816 bits per heavy atom. The van der Waals surface area contributed by atoms with Gasteiger partial charge in [0.05, 0.1) is 34.0 Å². The largest absolute Gasteiger partial charge is 0.495 e. The van der Waals surface area contributed by atoms with Crippen molar-refractivity contribution in [1.29, 1.82) is 0 Å². The fraction of sp³-hybridized carbons (Fsp3) is 0.500. The van der Waals surface area contributed by atoms with Gasteiger partial charge in [-0.25, -0.2) is 4.98 Å². The Morgan fingerprint density at radius 2 is 1.39 bits per heavy atom. The summed E-state index contributed by atoms with van der Waals surface area (Å²) >= 11 is 1.40. The number of ether oxygens (including phenoxy) is 5. The minimum atomic E-state index is -0.209. The van der Waals surface area contributed by atoms with Crippen LogP contribution < -0.4 is 28.6 Å². The van der Waals surface area contributed by atoms with Crippen molar-refractivity contribution < 1.29 is 28.5 Å². The van der Waals surface area contributed by atoms with E-state index in [1.165, 1.54) is 11.3 Å². The van der Waals surface area contributed by atoms with E-state index in [-0.39, 0.29) is 5.91 Å². The molecule has 0 unspecified atom stereocenters. The average Bonchev–Trinajstić information content (AvgIpc) is 3.37. The number of carbonyl (C=O) groups excluding carboxylic acids is 1. The minimum absolute atomic E-state index is 0.209. The molecule has 1 amide bonds. The lowest BCUT2D eigenvalue weighted by Gasteiger charge is -2.25. The highest BCUT2D eigenvalue weighted by Gasteiger charge is 2.27. The Bertz CT molecular complexity index is 1140. The van der Waals surface area contributed by atoms with Crippen molar-refractivity contribution >= 4 is 32.6 Å². The van der Waals surface area contributed by atoms with Crippen LogP contribution in [0.1, 0.15) is 45.0 Å². The lowest BCUT2D eigenvalue weighted by atomic mass is 10.1. The number of carbonyl (C=O) groups is 1. The van der Waals surface area contributed by atoms with Gasteiger partial charge in [-0.3, -0.25) is 9.69 Å². The van der Waals surface area contributed by atoms with Gasteiger partial charge >= 0.3 is 0 Å². The lowest BCUT2D eigenvalue weighted by molar-refractivity contribution is 0.0982. The van der Waals surface area contributed by atoms with E-state index in [1.54, 1.807) is 31.3 Å². The first kappa shape index (κ1) is 29.3. The highest BCUT2D eigenvalue weighted by molar-refractivity contribution is 7.22. The molecule has 0 aliphatic rings. The number of fused-ring (bicyclic) bond motifs is 1. The van der Waals surface area contributed by atoms with Crippen LogP contribution >= 0.6 is 11.3 Å². The molecule has 0 aliphatic carbocycles. The maximum Gasteiger partial charge on any atom is 0.260 e. The van der Waals surface area contributed by atoms with Crippen LogP contribution in [0, 0.1) is 0 Å². The van der Waals surface area contributed by atoms with Crippen molar-refractivity contribution in [1.82, 2.24) is 9.88 Å². The third-order valence-electron chi connectivity index (χ3n) is 6.07. The van der Waals surface area contributed by atoms with Crippen LogP contribution in [0.25, 0.3) is 10.2 Å². The average molecular weight is 546 g/mol. The molecular weight excluding hydrogens is 506 g/mol. The zero-order valence-electron chi connectivity index (χ0n) is 23.5. The first-order valence-corrected chi connectivity index (χ1v) is 13.9. The number of methoxy groups -OCH3 is 2. The number of benzene rings is 2. The molecule has 208 valence electrons. The standard InChI is InChI=1S/C28H39N3O6S/c1-8-30(9-2)15-16-31(28-29-24-20(33-6)13-14-21(34-7)26(24)38-28)27(32)19-17-22(35-10-3)25(37-12-5)23(18-19)36-11-4/h13-14,17-18H,8-12,15-16H2,1-7H3. The number of hydrogen-bond donors (Lipinski definition) is 0. The molecule has 1 heterocycles. The molecule has 0 atom stereocenters. The van der Waals surface area contributed by atoms with Crippen molar-refractivity contribution in [3.8, 4) is 28.7 Å². The van der Waals surface area contributed by atoms with E-state index in [1.807, 2.05) is 32.9 Å². The van der Waals surface area contributed by atoms with Gasteiger partial charge in [-0.05, 0) is 58.1 Å². The third-order valence-corrected chi connectivity index (χ3v) is 7.16. The van der Waals surface area contributed by atoms with E-state index in [0.29, 0.717) is 77.9 Å². The van der Waals surface area contributed by atoms with Crippen molar-refractivity contribution in [2.75, 3.05) is 65.1 Å². The molecule has 0 saturated carbocycles. The molecular formula is C28H39N3O6S. The van der Waals surface area contributed by atoms with Crippen LogP contribution in [-0.4, -0.2) is 76.0 Å². The van der Waals surface area contributed by atoms with Crippen LogP contribution in [-0.2, 0) is 0 Å². The lowest BCUT2D eigenvalue weighted by Crippen LogP contribution is -2.39. The van der Waals surface area contributed by atoms with E-state index in [2.05, 4.69) is 18.7 Å². The Labute approximate surface area is 229 Å². The molecule has 10 heteroatoms. The van der Waals surface area contributed by atoms with Crippen molar-refractivity contribution in [3.05, 3.63) is 29.8 Å². The molecule has 3 aromatic rings. The Morgan fingerprint density at radius 3 is 1.92 bits per heavy atom. The molecule has 0 aliphatic heterocycles. The molecule has 1 aromatic heterocycles. The van der Waals surface area contributed by atoms with Crippen molar-refractivity contribution in [3.63, 3.8) is 0 Å². The molecule has 0 fully saturated rings. The fourth-order valence-electron chi connectivity index (χ4n) is 4.12. The number of rotatable bonds is 15. The van der Waals surface area contributed by atoms with E-state index < -0.39 is 0 Å². The quantitative estimate of drug-likeness (QED) is 0.248. The summed E-state index contributed by atoms with van der Waals surface area (Å²) in [6, 6.07) is 7.11. The van der Waals surface area contributed by atoms with Gasteiger partial charge in [0.1, 0.15) is 21.7 Å². The van der Waals surface area contributed by atoms with E-state index in [0.717, 1.165) is 17.8 Å². The van der Waals surface area contributed by atoms with Crippen LogP contribution in [0.5, 0.6) is 28.7 Å². The number of likely N-dealkylation sites (N-methyl/N-ethyl adjacent to an activating group) is 1. The molecule has 2 aromatic carbocycles. The summed E-state index contributed by atoms with van der Waals surface area (Å²) in [4.78, 5) is 23.0. The van der Waals surface area contributed by atoms with Gasteiger partial charge in [0.25, 0.3) is 5.91 Å². The van der Waals surface area contributed by atoms with Gasteiger partial charge in [-0.15, -0.1) is 0 Å². The molecule has 38 heavy (non-hydrogen) atoms. The summed E-state index contributed by atoms with van der Waals surface area (Å²) in [5.74, 6) is 2.53. The number of anilines is 1. The zero-order chi connectivity index (χ0) is 27.7. The van der Waals surface area contributed by atoms with Gasteiger partial charge < -0.3 is 28.6 Å². The summed E-state index contributed by atoms with van der Waals surface area (Å²) in [5.41, 5.74) is 1.09. The number of nitrogens with zero attached hydrogens (tertiary/aromatic N) is 3. The predicted octanol–water partition coefficient (Wildman–Crippen LogP) is 5.50. The van der Waals surface area contributed by atoms with E-state index in [4.69, 9.17) is 28.7 Å². The van der Waals surface area contributed by atoms with E-state index in [9.17, 15) is 4.79 Å². The Kier molecular flexibility index (Phi) is 10.8. The zero-order valence-corrected chi connectivity index (χ0v) is 24.3. The molecule has 0 saturated heterocycles. The summed E-state index contributed by atoms with van der Waals surface area (Å²) in [6.45, 7) is 14.1. The maximum absolute atomic E-state index is 14.2. The monoisotopic (exact) mass is 545 g/mol. The van der Waals surface area contributed by atoms with Crippen LogP contribution in [0.2, 0.25) is 0 Å². The van der Waals surface area contributed by atoms with Crippen LogP contribution in [0.3, 0.4) is 0 Å². The topological polar surface area (TPSA) is 82.6 Å². The third kappa shape index (κ3) is 6.42. The van der Waals surface area contributed by atoms with Crippen molar-refractivity contribution in [2.45, 2.75) is 34.6 Å². The van der Waals surface area contributed by atoms with Gasteiger partial charge in [0.15, 0.2) is 16.6 Å². The fourth-order valence-corrected chi connectivity index (χ4v) is 5.22. The Hall–Kier alpha value is -3.24. The molecule has 0 spiro atoms. The van der Waals surface area contributed by atoms with Gasteiger partial charge in [-0.1, -0.05) is 25.2 Å². The summed E-state index contributed by atoms with van der Waals surface area (Å²) in [7, 11) is 3.22. The van der Waals surface area contributed by atoms with Gasteiger partial charge in [0.2, 0.25) is 5.75 Å². The smallest absolute Gasteiger partial charge is 0.260 e. The molecule has 9 nitrogen and oxygen atoms in total. The second-order valence-corrected chi connectivity index (χ2v) is 9.21. The Balaban J connectivity index is 2.14. The summed E-state index contributed by atoms with van der Waals surface area (Å²) in [5, 5.41) is 0.560. The summed E-state index contributed by atoms with van der Waals surface area (Å²) in [6.07, 6.45) is 0. The molecule has 0 N–H and O–H groups in total. The molecule has 0 bridgehead atoms. The molecule has 3 rings (SSSR count). The highest BCUT2D eigenvalue weighted by atomic mass is 32.1. The molecule has 0 radical (unpaired) electrons. The van der Waals surface area contributed by atoms with Gasteiger partial charge in [-0.2, -0.15) is 0 Å². The highest BCUT2D eigenvalue weighted by Crippen LogP contribution is 2.42. The van der Waals surface area contributed by atoms with E-state index >= 15 is 0 Å². The second-order valence-electron chi connectivity index (χ2n) is 8.23. The number of aromatic nitrogens is 1. The predicted molar refractivity (Wildman–Crippen MR) is 152 cm³/mol. The normalized spacial score (nSPS) is 11.1. The van der Waals surface area contributed by atoms with Crippen LogP contribution in [0.4, 0.5) is 5.13 Å². The SMILES string of the molecule is CCOc1cc(C(=O)N(CCN(CC)CC)c2nc3c(OC)ccc(OC)c3s2)cc(OCC)c1OCC. The summed E-state index contributed by atoms with van der Waals surface area (Å²) < 4.78 is 29.5. The first-order chi connectivity index (χ1) is 18.5. The second kappa shape index (κ2) is 14.1. The van der Waals surface area contributed by atoms with Crippen LogP contribution in [0.15, 0.2) is 24.3 Å². The first-order valence-electron chi connectivity index (χ1n) is 13.1. The number of hydrogen-bond acceptors (Lipinski definition) is 9. The maximum atomic E-state index is 14.2. The van der Waals surface area contributed by atoms with Crippen molar-refractivity contribution in [2.24, 2.45) is 0 Å². The van der Waals surface area contributed by atoms with Gasteiger partial charge in [0, 0.05) is 18.7 Å².